The molecule has 1 spiro atoms. The lowest BCUT2D eigenvalue weighted by atomic mass is 9.65. The maximum Gasteiger partial charge on any atom is 0.304 e. The van der Waals surface area contributed by atoms with Gasteiger partial charge in [-0.25, -0.2) is 4.72 Å². The molecule has 6 aliphatic rings. The molecule has 230 valence electrons. The van der Waals surface area contributed by atoms with Crippen LogP contribution >= 0.6 is 11.6 Å². The van der Waals surface area contributed by atoms with Crippen LogP contribution in [0, 0.1) is 17.8 Å². The summed E-state index contributed by atoms with van der Waals surface area (Å²) in [4.78, 5) is 15.8. The molecule has 1 N–H and O–H groups in total. The van der Waals surface area contributed by atoms with E-state index >= 15 is 0 Å². The zero-order valence-electron chi connectivity index (χ0n) is 25.0. The molecule has 2 aromatic rings. The molecular formula is C33H40ClN3O5S. The maximum absolute atomic E-state index is 13.4. The van der Waals surface area contributed by atoms with Crippen LogP contribution in [0.5, 0.6) is 5.75 Å². The van der Waals surface area contributed by atoms with Gasteiger partial charge in [-0.1, -0.05) is 23.7 Å². The minimum absolute atomic E-state index is 0.0252. The summed E-state index contributed by atoms with van der Waals surface area (Å²) in [6, 6.07) is 11.2. The van der Waals surface area contributed by atoms with Crippen LogP contribution in [0.15, 0.2) is 48.0 Å². The lowest BCUT2D eigenvalue weighted by Crippen LogP contribution is -2.51. The predicted molar refractivity (Wildman–Crippen MR) is 167 cm³/mol. The Kier molecular flexibility index (Phi) is 7.31. The van der Waals surface area contributed by atoms with E-state index in [2.05, 4.69) is 27.8 Å². The standard InChI is InChI=1S/C33H40ClN3O5S/c1-20-24-13-25(14-24)31(41-3)27-9-6-23(27)17-37-18-33(12-4-5-21-15-26(34)8-10-28(21)33)19-42-30-11-7-22(16-29(30)37)32(38)35-43(39,40)36(20)2/h7-8,10-11,13,15-16,20,23-24,27,31H,4-6,9,12,14,17-19H2,1-3H3,(H,35,38)/t20-,23-,24-,27+,31-,33-/m0/s1. The van der Waals surface area contributed by atoms with Crippen molar-refractivity contribution in [3.63, 3.8) is 0 Å². The molecule has 3 aliphatic carbocycles. The Morgan fingerprint density at radius 1 is 1.16 bits per heavy atom. The first-order valence-corrected chi connectivity index (χ1v) is 17.2. The second kappa shape index (κ2) is 10.8. The number of nitrogens with zero attached hydrogens (tertiary/aromatic N) is 2. The first-order valence-electron chi connectivity index (χ1n) is 15.4. The number of fused-ring (bicyclic) bond motifs is 6. The normalized spacial score (nSPS) is 33.5. The Hall–Kier alpha value is -2.59. The monoisotopic (exact) mass is 625 g/mol. The highest BCUT2D eigenvalue weighted by Crippen LogP contribution is 2.49. The van der Waals surface area contributed by atoms with E-state index in [0.717, 1.165) is 62.3 Å². The molecule has 0 saturated heterocycles. The predicted octanol–water partition coefficient (Wildman–Crippen LogP) is 5.11. The van der Waals surface area contributed by atoms with Crippen LogP contribution in [-0.4, -0.2) is 64.6 Å². The average molecular weight is 626 g/mol. The van der Waals surface area contributed by atoms with Crippen LogP contribution in [0.25, 0.3) is 0 Å². The van der Waals surface area contributed by atoms with E-state index in [1.54, 1.807) is 13.2 Å². The van der Waals surface area contributed by atoms with Gasteiger partial charge in [0.25, 0.3) is 5.91 Å². The molecule has 0 aromatic heterocycles. The molecule has 10 heteroatoms. The summed E-state index contributed by atoms with van der Waals surface area (Å²) in [5.74, 6) is 0.954. The minimum atomic E-state index is -4.05. The van der Waals surface area contributed by atoms with Gasteiger partial charge >= 0.3 is 10.2 Å². The topological polar surface area (TPSA) is 88.2 Å². The Balaban J connectivity index is 1.32. The van der Waals surface area contributed by atoms with E-state index in [-0.39, 0.29) is 23.5 Å². The highest BCUT2D eigenvalue weighted by Gasteiger charge is 2.46. The molecule has 0 unspecified atom stereocenters. The number of carbonyl (C=O) groups excluding carboxylic acids is 1. The highest BCUT2D eigenvalue weighted by molar-refractivity contribution is 7.87. The van der Waals surface area contributed by atoms with Crippen molar-refractivity contribution in [2.24, 2.45) is 17.8 Å². The molecule has 2 aromatic carbocycles. The van der Waals surface area contributed by atoms with Crippen molar-refractivity contribution in [3.05, 3.63) is 69.8 Å². The molecule has 43 heavy (non-hydrogen) atoms. The Morgan fingerprint density at radius 2 is 1.98 bits per heavy atom. The largest absolute Gasteiger partial charge is 0.490 e. The van der Waals surface area contributed by atoms with Gasteiger partial charge in [0.15, 0.2) is 0 Å². The van der Waals surface area contributed by atoms with Crippen molar-refractivity contribution in [2.45, 2.75) is 63.0 Å². The van der Waals surface area contributed by atoms with E-state index in [9.17, 15) is 13.2 Å². The second-order valence-corrected chi connectivity index (χ2v) is 15.4. The molecule has 0 radical (unpaired) electrons. The number of halogens is 1. The third-order valence-corrected chi connectivity index (χ3v) is 12.7. The van der Waals surface area contributed by atoms with Gasteiger partial charge in [0.1, 0.15) is 5.75 Å². The van der Waals surface area contributed by atoms with Crippen molar-refractivity contribution in [1.82, 2.24) is 9.03 Å². The summed E-state index contributed by atoms with van der Waals surface area (Å²) in [6.45, 7) is 3.97. The van der Waals surface area contributed by atoms with Gasteiger partial charge < -0.3 is 14.4 Å². The number of aryl methyl sites for hydroxylation is 1. The van der Waals surface area contributed by atoms with E-state index in [0.29, 0.717) is 29.8 Å². The molecule has 3 heterocycles. The van der Waals surface area contributed by atoms with Crippen LogP contribution in [-0.2, 0) is 26.8 Å². The zero-order chi connectivity index (χ0) is 30.1. The molecule has 8 nitrogen and oxygen atoms in total. The molecule has 8 rings (SSSR count). The third-order valence-electron chi connectivity index (χ3n) is 10.9. The fourth-order valence-corrected chi connectivity index (χ4v) is 9.42. The Morgan fingerprint density at radius 3 is 2.72 bits per heavy atom. The van der Waals surface area contributed by atoms with Gasteiger partial charge in [-0.15, -0.1) is 0 Å². The lowest BCUT2D eigenvalue weighted by molar-refractivity contribution is -0.000510. The second-order valence-electron chi connectivity index (χ2n) is 13.2. The summed E-state index contributed by atoms with van der Waals surface area (Å²) in [5, 5.41) is 0.750. The number of ether oxygens (including phenoxy) is 2. The SMILES string of the molecule is CO[C@H]1C2=C[C@@H](C2)[C@H](C)N(C)S(=O)(=O)NC(=O)c2ccc3c(c2)N(C[C@@H]2CC[C@H]21)C[C@@]1(CCCc2cc(Cl)ccc21)CO3. The molecule has 3 aliphatic heterocycles. The number of hydrogen-bond acceptors (Lipinski definition) is 6. The lowest BCUT2D eigenvalue weighted by Gasteiger charge is -2.48. The van der Waals surface area contributed by atoms with Gasteiger partial charge in [0.05, 0.1) is 18.4 Å². The first-order chi connectivity index (χ1) is 20.6. The molecule has 6 atom stereocenters. The van der Waals surface area contributed by atoms with Gasteiger partial charge in [0, 0.05) is 49.3 Å². The summed E-state index contributed by atoms with van der Waals surface area (Å²) < 4.78 is 42.9. The van der Waals surface area contributed by atoms with Crippen LogP contribution < -0.4 is 14.4 Å². The molecule has 1 fully saturated rings. The van der Waals surface area contributed by atoms with E-state index in [1.807, 2.05) is 25.1 Å². The maximum atomic E-state index is 13.4. The van der Waals surface area contributed by atoms with Crippen LogP contribution in [0.2, 0.25) is 5.02 Å². The van der Waals surface area contributed by atoms with Crippen LogP contribution in [0.4, 0.5) is 5.69 Å². The van der Waals surface area contributed by atoms with Crippen LogP contribution in [0.1, 0.15) is 60.5 Å². The van der Waals surface area contributed by atoms with E-state index in [4.69, 9.17) is 21.1 Å². The van der Waals surface area contributed by atoms with Crippen LogP contribution in [0.3, 0.4) is 0 Å². The van der Waals surface area contributed by atoms with Gasteiger partial charge in [-0.05, 0) is 110 Å². The zero-order valence-corrected chi connectivity index (χ0v) is 26.6. The quantitative estimate of drug-likeness (QED) is 0.443. The number of carbonyl (C=O) groups is 1. The molecule has 4 bridgehead atoms. The number of methoxy groups -OCH3 is 1. The van der Waals surface area contributed by atoms with Crippen molar-refractivity contribution in [2.75, 3.05) is 38.8 Å². The van der Waals surface area contributed by atoms with Gasteiger partial charge in [-0.2, -0.15) is 12.7 Å². The fraction of sp³-hybridized carbons (Fsp3) is 0.545. The summed E-state index contributed by atoms with van der Waals surface area (Å²) in [5.41, 5.74) is 4.72. The van der Waals surface area contributed by atoms with Crippen molar-refractivity contribution in [3.8, 4) is 5.75 Å². The summed E-state index contributed by atoms with van der Waals surface area (Å²) >= 11 is 6.42. The van der Waals surface area contributed by atoms with E-state index in [1.165, 1.54) is 28.1 Å². The first kappa shape index (κ1) is 29.1. The minimum Gasteiger partial charge on any atom is -0.490 e. The smallest absolute Gasteiger partial charge is 0.304 e. The van der Waals surface area contributed by atoms with Gasteiger partial charge in [0.2, 0.25) is 0 Å². The third kappa shape index (κ3) is 4.96. The number of nitrogens with one attached hydrogen (secondary N) is 1. The summed E-state index contributed by atoms with van der Waals surface area (Å²) in [6.07, 6.45) is 8.25. The van der Waals surface area contributed by atoms with E-state index < -0.39 is 16.1 Å². The molecule has 1 saturated carbocycles. The Labute approximate surface area is 259 Å². The highest BCUT2D eigenvalue weighted by atomic mass is 35.5. The summed E-state index contributed by atoms with van der Waals surface area (Å²) in [7, 11) is -0.727. The number of anilines is 1. The van der Waals surface area contributed by atoms with Gasteiger partial charge in [-0.3, -0.25) is 4.79 Å². The fourth-order valence-electron chi connectivity index (χ4n) is 8.13. The van der Waals surface area contributed by atoms with Crippen molar-refractivity contribution >= 4 is 33.4 Å². The number of benzene rings is 2. The number of hydrogen-bond donors (Lipinski definition) is 1. The Bertz CT molecular complexity index is 1590. The van der Waals surface area contributed by atoms with Crippen molar-refractivity contribution < 1.29 is 22.7 Å². The molecular weight excluding hydrogens is 586 g/mol. The number of rotatable bonds is 1. The molecule has 1 amide bonds. The number of amides is 1. The average Bonchev–Trinajstić information content (AvgIpc) is 3.09. The van der Waals surface area contributed by atoms with Crippen molar-refractivity contribution in [1.29, 1.82) is 0 Å².